The smallest absolute Gasteiger partial charge is 0.0716 e. The molecule has 0 unspecified atom stereocenters. The van der Waals surface area contributed by atoms with Crippen LogP contribution in [0.4, 0.5) is 5.69 Å². The van der Waals surface area contributed by atoms with Gasteiger partial charge in [-0.1, -0.05) is 24.3 Å². The lowest BCUT2D eigenvalue weighted by Gasteiger charge is -2.21. The van der Waals surface area contributed by atoms with E-state index in [1.54, 1.807) is 0 Å². The van der Waals surface area contributed by atoms with Gasteiger partial charge in [-0.15, -0.1) is 13.2 Å². The van der Waals surface area contributed by atoms with Crippen molar-refractivity contribution in [1.82, 2.24) is 0 Å². The number of anilines is 1. The van der Waals surface area contributed by atoms with Crippen LogP contribution in [0.3, 0.4) is 0 Å². The monoisotopic (exact) mass is 231 g/mol. The standard InChI is InChI=1S/C15H21NO/c1-4-11-16(12-5-2)15-9-7-14(8-10-15)13-17-6-3/h4-5,7-10H,1-2,6,11-13H2,3H3. The molecular formula is C15H21NO. The van der Waals surface area contributed by atoms with Crippen LogP contribution < -0.4 is 4.90 Å². The maximum Gasteiger partial charge on any atom is 0.0716 e. The minimum atomic E-state index is 0.680. The molecule has 17 heavy (non-hydrogen) atoms. The Kier molecular flexibility index (Phi) is 6.12. The molecule has 0 N–H and O–H groups in total. The third-order valence-corrected chi connectivity index (χ3v) is 2.47. The third-order valence-electron chi connectivity index (χ3n) is 2.47. The van der Waals surface area contributed by atoms with Gasteiger partial charge in [-0.3, -0.25) is 0 Å². The Hall–Kier alpha value is -1.54. The first-order valence-electron chi connectivity index (χ1n) is 5.95. The Morgan fingerprint density at radius 2 is 1.71 bits per heavy atom. The molecule has 0 saturated carbocycles. The second kappa shape index (κ2) is 7.69. The molecule has 0 amide bonds. The van der Waals surface area contributed by atoms with Crippen molar-refractivity contribution in [2.75, 3.05) is 24.6 Å². The first-order valence-corrected chi connectivity index (χ1v) is 5.95. The summed E-state index contributed by atoms with van der Waals surface area (Å²) in [6.45, 7) is 12.6. The fourth-order valence-corrected chi connectivity index (χ4v) is 1.62. The molecule has 0 saturated heterocycles. The van der Waals surface area contributed by atoms with E-state index < -0.39 is 0 Å². The molecule has 0 atom stereocenters. The van der Waals surface area contributed by atoms with Gasteiger partial charge in [0.05, 0.1) is 6.61 Å². The van der Waals surface area contributed by atoms with Crippen molar-refractivity contribution in [2.24, 2.45) is 0 Å². The van der Waals surface area contributed by atoms with Crippen LogP contribution in [0.2, 0.25) is 0 Å². The van der Waals surface area contributed by atoms with Gasteiger partial charge in [-0.25, -0.2) is 0 Å². The number of ether oxygens (including phenoxy) is 1. The largest absolute Gasteiger partial charge is 0.377 e. The Morgan fingerprint density at radius 3 is 2.18 bits per heavy atom. The number of benzene rings is 1. The minimum Gasteiger partial charge on any atom is -0.377 e. The second-order valence-corrected chi connectivity index (χ2v) is 3.79. The van der Waals surface area contributed by atoms with Gasteiger partial charge in [0.15, 0.2) is 0 Å². The summed E-state index contributed by atoms with van der Waals surface area (Å²) in [5.41, 5.74) is 2.39. The molecular weight excluding hydrogens is 210 g/mol. The lowest BCUT2D eigenvalue weighted by molar-refractivity contribution is 0.134. The van der Waals surface area contributed by atoms with Crippen LogP contribution in [-0.2, 0) is 11.3 Å². The highest BCUT2D eigenvalue weighted by molar-refractivity contribution is 5.48. The SMILES string of the molecule is C=CCN(CC=C)c1ccc(COCC)cc1. The molecule has 0 aliphatic rings. The zero-order chi connectivity index (χ0) is 12.5. The summed E-state index contributed by atoms with van der Waals surface area (Å²) in [4.78, 5) is 2.21. The van der Waals surface area contributed by atoms with Crippen LogP contribution >= 0.6 is 0 Å². The molecule has 0 aliphatic carbocycles. The number of hydrogen-bond donors (Lipinski definition) is 0. The van der Waals surface area contributed by atoms with E-state index in [9.17, 15) is 0 Å². The summed E-state index contributed by atoms with van der Waals surface area (Å²) < 4.78 is 5.37. The van der Waals surface area contributed by atoms with Crippen LogP contribution in [0.1, 0.15) is 12.5 Å². The molecule has 0 aromatic heterocycles. The van der Waals surface area contributed by atoms with Gasteiger partial charge in [0.1, 0.15) is 0 Å². The Labute approximate surface area is 104 Å². The van der Waals surface area contributed by atoms with Gasteiger partial charge in [0.2, 0.25) is 0 Å². The van der Waals surface area contributed by atoms with Crippen molar-refractivity contribution >= 4 is 5.69 Å². The van der Waals surface area contributed by atoms with Crippen molar-refractivity contribution in [3.05, 3.63) is 55.1 Å². The molecule has 0 spiro atoms. The summed E-state index contributed by atoms with van der Waals surface area (Å²) in [6.07, 6.45) is 3.80. The van der Waals surface area contributed by atoms with Crippen molar-refractivity contribution < 1.29 is 4.74 Å². The van der Waals surface area contributed by atoms with Crippen LogP contribution in [0.25, 0.3) is 0 Å². The average Bonchev–Trinajstić information content (AvgIpc) is 2.37. The molecule has 1 rings (SSSR count). The molecule has 0 aliphatic heterocycles. The zero-order valence-corrected chi connectivity index (χ0v) is 10.6. The van der Waals surface area contributed by atoms with E-state index in [4.69, 9.17) is 4.74 Å². The fourth-order valence-electron chi connectivity index (χ4n) is 1.62. The molecule has 2 heteroatoms. The highest BCUT2D eigenvalue weighted by atomic mass is 16.5. The second-order valence-electron chi connectivity index (χ2n) is 3.79. The average molecular weight is 231 g/mol. The molecule has 1 aromatic carbocycles. The quantitative estimate of drug-likeness (QED) is 0.636. The van der Waals surface area contributed by atoms with Crippen molar-refractivity contribution in [3.63, 3.8) is 0 Å². The minimum absolute atomic E-state index is 0.680. The lowest BCUT2D eigenvalue weighted by Crippen LogP contribution is -2.22. The van der Waals surface area contributed by atoms with E-state index in [0.29, 0.717) is 6.61 Å². The topological polar surface area (TPSA) is 12.5 Å². The Bertz CT molecular complexity index is 332. The third kappa shape index (κ3) is 4.45. The summed E-state index contributed by atoms with van der Waals surface area (Å²) >= 11 is 0. The molecule has 92 valence electrons. The van der Waals surface area contributed by atoms with Gasteiger partial charge in [-0.2, -0.15) is 0 Å². The van der Waals surface area contributed by atoms with E-state index in [1.807, 2.05) is 19.1 Å². The number of rotatable bonds is 8. The van der Waals surface area contributed by atoms with Crippen LogP contribution in [0.5, 0.6) is 0 Å². The molecule has 0 fully saturated rings. The van der Waals surface area contributed by atoms with Crippen molar-refractivity contribution in [3.8, 4) is 0 Å². The first kappa shape index (κ1) is 13.5. The molecule has 0 bridgehead atoms. The lowest BCUT2D eigenvalue weighted by atomic mass is 10.2. The predicted molar refractivity (Wildman–Crippen MR) is 74.4 cm³/mol. The number of nitrogens with zero attached hydrogens (tertiary/aromatic N) is 1. The normalized spacial score (nSPS) is 9.94. The van der Waals surface area contributed by atoms with Crippen LogP contribution in [0, 0.1) is 0 Å². The van der Waals surface area contributed by atoms with Crippen LogP contribution in [-0.4, -0.2) is 19.7 Å². The highest BCUT2D eigenvalue weighted by Gasteiger charge is 2.02. The summed E-state index contributed by atoms with van der Waals surface area (Å²) in [5, 5.41) is 0. The maximum absolute atomic E-state index is 5.37. The maximum atomic E-state index is 5.37. The highest BCUT2D eigenvalue weighted by Crippen LogP contribution is 2.15. The summed E-state index contributed by atoms with van der Waals surface area (Å²) in [7, 11) is 0. The first-order chi connectivity index (χ1) is 8.31. The zero-order valence-electron chi connectivity index (χ0n) is 10.6. The van der Waals surface area contributed by atoms with Crippen molar-refractivity contribution in [1.29, 1.82) is 0 Å². The Morgan fingerprint density at radius 1 is 1.12 bits per heavy atom. The summed E-state index contributed by atoms with van der Waals surface area (Å²) in [5.74, 6) is 0. The van der Waals surface area contributed by atoms with Gasteiger partial charge >= 0.3 is 0 Å². The molecule has 0 heterocycles. The number of hydrogen-bond acceptors (Lipinski definition) is 2. The van der Waals surface area contributed by atoms with Gasteiger partial charge < -0.3 is 9.64 Å². The summed E-state index contributed by atoms with van der Waals surface area (Å²) in [6, 6.07) is 8.43. The Balaban J connectivity index is 2.69. The predicted octanol–water partition coefficient (Wildman–Crippen LogP) is 3.40. The fraction of sp³-hybridized carbons (Fsp3) is 0.333. The van der Waals surface area contributed by atoms with E-state index in [0.717, 1.165) is 19.7 Å². The van der Waals surface area contributed by atoms with E-state index >= 15 is 0 Å². The van der Waals surface area contributed by atoms with Gasteiger partial charge in [0, 0.05) is 25.4 Å². The van der Waals surface area contributed by atoms with Crippen molar-refractivity contribution in [2.45, 2.75) is 13.5 Å². The van der Waals surface area contributed by atoms with E-state index in [-0.39, 0.29) is 0 Å². The molecule has 0 radical (unpaired) electrons. The molecule has 2 nitrogen and oxygen atoms in total. The van der Waals surface area contributed by atoms with E-state index in [2.05, 4.69) is 42.3 Å². The van der Waals surface area contributed by atoms with E-state index in [1.165, 1.54) is 11.3 Å². The van der Waals surface area contributed by atoms with Crippen LogP contribution in [0.15, 0.2) is 49.6 Å². The van der Waals surface area contributed by atoms with Gasteiger partial charge in [0.25, 0.3) is 0 Å². The molecule has 1 aromatic rings. The van der Waals surface area contributed by atoms with Gasteiger partial charge in [-0.05, 0) is 24.6 Å².